The van der Waals surface area contributed by atoms with Gasteiger partial charge >= 0.3 is 0 Å². The molecule has 1 fully saturated rings. The molecule has 1 aliphatic rings. The molecule has 1 aliphatic heterocycles. The van der Waals surface area contributed by atoms with Gasteiger partial charge in [-0.1, -0.05) is 31.5 Å². The molecule has 1 saturated heterocycles. The summed E-state index contributed by atoms with van der Waals surface area (Å²) >= 11 is 0. The van der Waals surface area contributed by atoms with Crippen LogP contribution >= 0.6 is 0 Å². The summed E-state index contributed by atoms with van der Waals surface area (Å²) in [7, 11) is 0. The Balaban J connectivity index is 2.15. The summed E-state index contributed by atoms with van der Waals surface area (Å²) in [6.07, 6.45) is 3.11. The van der Waals surface area contributed by atoms with Crippen molar-refractivity contribution < 1.29 is 4.79 Å². The number of carbonyl (C=O) groups excluding carboxylic acids is 1. The standard InChI is InChI=1S/C16H24N2O/c1-3-4-12-18(14-8-6-5-7-9-14)16(19)15-10-11-17-13(15)2/h5-9,13,15,17H,3-4,10-12H2,1-2H3. The first-order chi connectivity index (χ1) is 9.24. The van der Waals surface area contributed by atoms with Crippen LogP contribution in [0.4, 0.5) is 5.69 Å². The van der Waals surface area contributed by atoms with Crippen LogP contribution in [-0.2, 0) is 4.79 Å². The molecule has 19 heavy (non-hydrogen) atoms. The lowest BCUT2D eigenvalue weighted by atomic mass is 9.99. The molecule has 2 rings (SSSR count). The second kappa shape index (κ2) is 6.71. The molecule has 1 aromatic rings. The second-order valence-electron chi connectivity index (χ2n) is 5.32. The molecule has 1 heterocycles. The number of unbranched alkanes of at least 4 members (excludes halogenated alkanes) is 1. The first-order valence-electron chi connectivity index (χ1n) is 7.34. The van der Waals surface area contributed by atoms with Gasteiger partial charge in [-0.05, 0) is 38.4 Å². The lowest BCUT2D eigenvalue weighted by Crippen LogP contribution is -2.41. The molecule has 1 aromatic carbocycles. The third kappa shape index (κ3) is 3.35. The largest absolute Gasteiger partial charge is 0.313 e. The van der Waals surface area contributed by atoms with Crippen molar-refractivity contribution in [1.29, 1.82) is 0 Å². The Morgan fingerprint density at radius 2 is 2.11 bits per heavy atom. The van der Waals surface area contributed by atoms with Crippen LogP contribution < -0.4 is 10.2 Å². The zero-order valence-corrected chi connectivity index (χ0v) is 11.9. The molecule has 0 aromatic heterocycles. The number of amides is 1. The van der Waals surface area contributed by atoms with E-state index in [1.54, 1.807) is 0 Å². The molecule has 2 unspecified atom stereocenters. The van der Waals surface area contributed by atoms with E-state index >= 15 is 0 Å². The van der Waals surface area contributed by atoms with Crippen molar-refractivity contribution in [3.8, 4) is 0 Å². The maximum absolute atomic E-state index is 12.7. The van der Waals surface area contributed by atoms with Crippen molar-refractivity contribution in [1.82, 2.24) is 5.32 Å². The molecule has 1 N–H and O–H groups in total. The zero-order chi connectivity index (χ0) is 13.7. The van der Waals surface area contributed by atoms with Crippen molar-refractivity contribution in [3.63, 3.8) is 0 Å². The molecule has 0 bridgehead atoms. The number of benzene rings is 1. The van der Waals surface area contributed by atoms with Gasteiger partial charge < -0.3 is 10.2 Å². The van der Waals surface area contributed by atoms with Crippen molar-refractivity contribution in [3.05, 3.63) is 30.3 Å². The molecular formula is C16H24N2O. The summed E-state index contributed by atoms with van der Waals surface area (Å²) in [6, 6.07) is 10.3. The normalized spacial score (nSPS) is 22.4. The van der Waals surface area contributed by atoms with Gasteiger partial charge in [-0.2, -0.15) is 0 Å². The molecular weight excluding hydrogens is 236 g/mol. The Morgan fingerprint density at radius 1 is 1.37 bits per heavy atom. The van der Waals surface area contributed by atoms with Gasteiger partial charge in [-0.25, -0.2) is 0 Å². The summed E-state index contributed by atoms with van der Waals surface area (Å²) in [6.45, 7) is 6.04. The maximum Gasteiger partial charge on any atom is 0.231 e. The van der Waals surface area contributed by atoms with E-state index in [4.69, 9.17) is 0 Å². The maximum atomic E-state index is 12.7. The highest BCUT2D eigenvalue weighted by Gasteiger charge is 2.32. The summed E-state index contributed by atoms with van der Waals surface area (Å²) < 4.78 is 0. The van der Waals surface area contributed by atoms with Gasteiger partial charge in [0, 0.05) is 18.3 Å². The van der Waals surface area contributed by atoms with Crippen LogP contribution in [0.15, 0.2) is 30.3 Å². The fourth-order valence-corrected chi connectivity index (χ4v) is 2.69. The van der Waals surface area contributed by atoms with Crippen LogP contribution in [0.25, 0.3) is 0 Å². The minimum absolute atomic E-state index is 0.122. The smallest absolute Gasteiger partial charge is 0.231 e. The molecule has 104 valence electrons. The highest BCUT2D eigenvalue weighted by Crippen LogP contribution is 2.23. The third-order valence-corrected chi connectivity index (χ3v) is 3.91. The van der Waals surface area contributed by atoms with E-state index < -0.39 is 0 Å². The monoisotopic (exact) mass is 260 g/mol. The van der Waals surface area contributed by atoms with Crippen LogP contribution in [0, 0.1) is 5.92 Å². The fraction of sp³-hybridized carbons (Fsp3) is 0.562. The van der Waals surface area contributed by atoms with E-state index in [1.807, 2.05) is 35.2 Å². The Kier molecular flexibility index (Phi) is 4.97. The number of rotatable bonds is 5. The minimum Gasteiger partial charge on any atom is -0.313 e. The summed E-state index contributed by atoms with van der Waals surface area (Å²) in [5.41, 5.74) is 1.03. The van der Waals surface area contributed by atoms with Crippen LogP contribution in [0.2, 0.25) is 0 Å². The Morgan fingerprint density at radius 3 is 2.68 bits per heavy atom. The highest BCUT2D eigenvalue weighted by atomic mass is 16.2. The lowest BCUT2D eigenvalue weighted by molar-refractivity contribution is -0.122. The number of para-hydroxylation sites is 1. The van der Waals surface area contributed by atoms with Gasteiger partial charge in [-0.15, -0.1) is 0 Å². The first kappa shape index (κ1) is 14.1. The quantitative estimate of drug-likeness (QED) is 0.883. The van der Waals surface area contributed by atoms with Gasteiger partial charge in [0.05, 0.1) is 5.92 Å². The van der Waals surface area contributed by atoms with Gasteiger partial charge in [0.1, 0.15) is 0 Å². The molecule has 3 nitrogen and oxygen atoms in total. The molecule has 0 aliphatic carbocycles. The number of hydrogen-bond donors (Lipinski definition) is 1. The van der Waals surface area contributed by atoms with Crippen molar-refractivity contribution >= 4 is 11.6 Å². The molecule has 2 atom stereocenters. The van der Waals surface area contributed by atoms with E-state index in [9.17, 15) is 4.79 Å². The topological polar surface area (TPSA) is 32.3 Å². The Labute approximate surface area is 116 Å². The number of nitrogens with zero attached hydrogens (tertiary/aromatic N) is 1. The fourth-order valence-electron chi connectivity index (χ4n) is 2.69. The summed E-state index contributed by atoms with van der Waals surface area (Å²) in [5.74, 6) is 0.397. The van der Waals surface area contributed by atoms with Gasteiger partial charge in [0.2, 0.25) is 5.91 Å². The summed E-state index contributed by atoms with van der Waals surface area (Å²) in [5, 5.41) is 3.37. The molecule has 1 amide bonds. The van der Waals surface area contributed by atoms with Crippen molar-refractivity contribution in [2.45, 2.75) is 39.2 Å². The van der Waals surface area contributed by atoms with E-state index in [0.29, 0.717) is 6.04 Å². The highest BCUT2D eigenvalue weighted by molar-refractivity contribution is 5.95. The SMILES string of the molecule is CCCCN(C(=O)C1CCNC1C)c1ccccc1. The van der Waals surface area contributed by atoms with Crippen LogP contribution in [0.3, 0.4) is 0 Å². The number of nitrogens with one attached hydrogen (secondary N) is 1. The van der Waals surface area contributed by atoms with E-state index in [-0.39, 0.29) is 11.8 Å². The molecule has 0 saturated carbocycles. The van der Waals surface area contributed by atoms with Gasteiger partial charge in [-0.3, -0.25) is 4.79 Å². The van der Waals surface area contributed by atoms with Crippen molar-refractivity contribution in [2.75, 3.05) is 18.0 Å². The second-order valence-corrected chi connectivity index (χ2v) is 5.32. The average molecular weight is 260 g/mol. The number of hydrogen-bond acceptors (Lipinski definition) is 2. The van der Waals surface area contributed by atoms with Gasteiger partial charge in [0.15, 0.2) is 0 Å². The lowest BCUT2D eigenvalue weighted by Gasteiger charge is -2.27. The Bertz CT molecular complexity index is 404. The first-order valence-corrected chi connectivity index (χ1v) is 7.34. The van der Waals surface area contributed by atoms with E-state index in [1.165, 1.54) is 0 Å². The zero-order valence-electron chi connectivity index (χ0n) is 11.9. The molecule has 3 heteroatoms. The summed E-state index contributed by atoms with van der Waals surface area (Å²) in [4.78, 5) is 14.7. The van der Waals surface area contributed by atoms with Crippen LogP contribution in [0.1, 0.15) is 33.1 Å². The average Bonchev–Trinajstić information content (AvgIpc) is 2.86. The van der Waals surface area contributed by atoms with Crippen molar-refractivity contribution in [2.24, 2.45) is 5.92 Å². The van der Waals surface area contributed by atoms with E-state index in [0.717, 1.165) is 38.0 Å². The number of anilines is 1. The molecule has 0 spiro atoms. The third-order valence-electron chi connectivity index (χ3n) is 3.91. The Hall–Kier alpha value is -1.35. The molecule has 0 radical (unpaired) electrons. The van der Waals surface area contributed by atoms with Gasteiger partial charge in [0.25, 0.3) is 0 Å². The van der Waals surface area contributed by atoms with Crippen LogP contribution in [-0.4, -0.2) is 25.0 Å². The number of carbonyl (C=O) groups is 1. The van der Waals surface area contributed by atoms with Crippen LogP contribution in [0.5, 0.6) is 0 Å². The minimum atomic E-state index is 0.122. The van der Waals surface area contributed by atoms with E-state index in [2.05, 4.69) is 19.2 Å². The predicted octanol–water partition coefficient (Wildman–Crippen LogP) is 2.82. The predicted molar refractivity (Wildman–Crippen MR) is 79.3 cm³/mol.